The molecule has 0 saturated carbocycles. The van der Waals surface area contributed by atoms with Gasteiger partial charge < -0.3 is 0 Å². The van der Waals surface area contributed by atoms with Crippen LogP contribution in [0.15, 0.2) is 188 Å². The number of nitrogens with zero attached hydrogens (tertiary/aromatic N) is 3. The van der Waals surface area contributed by atoms with Crippen molar-refractivity contribution < 1.29 is 0 Å². The van der Waals surface area contributed by atoms with E-state index in [1.54, 1.807) is 0 Å². The van der Waals surface area contributed by atoms with Gasteiger partial charge in [-0.2, -0.15) is 0 Å². The fourth-order valence-corrected chi connectivity index (χ4v) is 7.32. The quantitative estimate of drug-likeness (QED) is 0.184. The molecule has 0 N–H and O–H groups in total. The second-order valence-electron chi connectivity index (χ2n) is 13.3. The number of rotatable bonds is 5. The summed E-state index contributed by atoms with van der Waals surface area (Å²) in [6, 6.07) is 66.7. The van der Waals surface area contributed by atoms with Gasteiger partial charge >= 0.3 is 0 Å². The highest BCUT2D eigenvalue weighted by molar-refractivity contribution is 6.01. The van der Waals surface area contributed by atoms with Crippen LogP contribution in [0.2, 0.25) is 0 Å². The molecule has 1 aromatic heterocycles. The lowest BCUT2D eigenvalue weighted by atomic mass is 9.92. The van der Waals surface area contributed by atoms with E-state index in [1.807, 2.05) is 0 Å². The minimum Gasteiger partial charge on any atom is -0.208 e. The first-order valence-electron chi connectivity index (χ1n) is 17.6. The van der Waals surface area contributed by atoms with Gasteiger partial charge in [-0.3, -0.25) is 0 Å². The van der Waals surface area contributed by atoms with Crippen molar-refractivity contribution in [1.29, 1.82) is 0 Å². The minimum absolute atomic E-state index is 0.648. The van der Waals surface area contributed by atoms with Crippen LogP contribution >= 0.6 is 0 Å². The van der Waals surface area contributed by atoms with Gasteiger partial charge in [-0.25, -0.2) is 15.0 Å². The third-order valence-electron chi connectivity index (χ3n) is 10.0. The zero-order valence-corrected chi connectivity index (χ0v) is 28.2. The Hall–Kier alpha value is -6.97. The SMILES string of the molecule is c1ccc(-c2cc(-c3ccc4cc(-c5nc(-c6ccc7ccccc7c6)nc(-c6ccc7ccccc7c6)n5)ccc4c3)cc3ccccc23)cc1. The Morgan fingerprint density at radius 1 is 0.231 bits per heavy atom. The molecule has 0 aliphatic rings. The monoisotopic (exact) mass is 661 g/mol. The number of aromatic nitrogens is 3. The van der Waals surface area contributed by atoms with E-state index in [-0.39, 0.29) is 0 Å². The molecule has 3 heteroatoms. The van der Waals surface area contributed by atoms with Gasteiger partial charge in [0.1, 0.15) is 0 Å². The van der Waals surface area contributed by atoms with Crippen LogP contribution in [0.3, 0.4) is 0 Å². The standard InChI is InChI=1S/C49H31N3/c1-2-12-34(13-3-1)46-31-44(30-40-16-8-9-17-45(40)46)39-21-20-38-29-43(25-22-37(38)26-39)49-51-47(41-23-18-32-10-4-6-14-35(32)27-41)50-48(52-49)42-24-19-33-11-5-7-15-36(33)28-42/h1-31H. The number of fused-ring (bicyclic) bond motifs is 4. The van der Waals surface area contributed by atoms with Crippen molar-refractivity contribution >= 4 is 43.1 Å². The highest BCUT2D eigenvalue weighted by Crippen LogP contribution is 2.36. The zero-order valence-electron chi connectivity index (χ0n) is 28.2. The summed E-state index contributed by atoms with van der Waals surface area (Å²) in [6.45, 7) is 0. The molecular weight excluding hydrogens is 631 g/mol. The molecule has 0 atom stereocenters. The van der Waals surface area contributed by atoms with Crippen LogP contribution in [0.1, 0.15) is 0 Å². The Labute approximate surface area is 301 Å². The summed E-state index contributed by atoms with van der Waals surface area (Å²) in [5, 5.41) is 9.45. The topological polar surface area (TPSA) is 38.7 Å². The second-order valence-corrected chi connectivity index (χ2v) is 13.3. The van der Waals surface area contributed by atoms with E-state index >= 15 is 0 Å². The van der Waals surface area contributed by atoms with Crippen LogP contribution in [-0.2, 0) is 0 Å². The Morgan fingerprint density at radius 2 is 0.615 bits per heavy atom. The van der Waals surface area contributed by atoms with E-state index in [2.05, 4.69) is 188 Å². The van der Waals surface area contributed by atoms with Crippen molar-refractivity contribution in [3.05, 3.63) is 188 Å². The molecule has 0 fully saturated rings. The molecule has 242 valence electrons. The predicted octanol–water partition coefficient (Wildman–Crippen LogP) is 12.8. The second kappa shape index (κ2) is 12.4. The van der Waals surface area contributed by atoms with Crippen molar-refractivity contribution in [2.45, 2.75) is 0 Å². The Balaban J connectivity index is 1.08. The Kier molecular flexibility index (Phi) is 7.14. The molecule has 0 amide bonds. The van der Waals surface area contributed by atoms with E-state index in [4.69, 9.17) is 15.0 Å². The Morgan fingerprint density at radius 3 is 1.17 bits per heavy atom. The van der Waals surface area contributed by atoms with Gasteiger partial charge in [0.05, 0.1) is 0 Å². The third-order valence-corrected chi connectivity index (χ3v) is 10.0. The molecule has 0 unspecified atom stereocenters. The van der Waals surface area contributed by atoms with Crippen LogP contribution < -0.4 is 0 Å². The molecule has 0 radical (unpaired) electrons. The normalized spacial score (nSPS) is 11.5. The summed E-state index contributed by atoms with van der Waals surface area (Å²) in [5.74, 6) is 1.95. The summed E-state index contributed by atoms with van der Waals surface area (Å²) in [4.78, 5) is 15.2. The van der Waals surface area contributed by atoms with Gasteiger partial charge in [-0.1, -0.05) is 152 Å². The average Bonchev–Trinajstić information content (AvgIpc) is 3.22. The van der Waals surface area contributed by atoms with Crippen molar-refractivity contribution in [3.63, 3.8) is 0 Å². The van der Waals surface area contributed by atoms with E-state index in [9.17, 15) is 0 Å². The van der Waals surface area contributed by atoms with Gasteiger partial charge in [-0.15, -0.1) is 0 Å². The molecular formula is C49H31N3. The highest BCUT2D eigenvalue weighted by atomic mass is 15.0. The van der Waals surface area contributed by atoms with Crippen LogP contribution in [0, 0.1) is 0 Å². The van der Waals surface area contributed by atoms with Crippen LogP contribution in [0.25, 0.3) is 99.5 Å². The van der Waals surface area contributed by atoms with Gasteiger partial charge in [0, 0.05) is 16.7 Å². The first-order valence-corrected chi connectivity index (χ1v) is 17.6. The lowest BCUT2D eigenvalue weighted by molar-refractivity contribution is 1.08. The van der Waals surface area contributed by atoms with Crippen LogP contribution in [0.4, 0.5) is 0 Å². The first-order chi connectivity index (χ1) is 25.7. The number of hydrogen-bond acceptors (Lipinski definition) is 3. The highest BCUT2D eigenvalue weighted by Gasteiger charge is 2.15. The number of hydrogen-bond donors (Lipinski definition) is 0. The molecule has 0 saturated heterocycles. The van der Waals surface area contributed by atoms with Gasteiger partial charge in [0.2, 0.25) is 0 Å². The molecule has 0 spiro atoms. The van der Waals surface area contributed by atoms with Crippen molar-refractivity contribution in [2.75, 3.05) is 0 Å². The van der Waals surface area contributed by atoms with Gasteiger partial charge in [-0.05, 0) is 102 Å². The van der Waals surface area contributed by atoms with E-state index in [0.717, 1.165) is 38.2 Å². The van der Waals surface area contributed by atoms with Crippen molar-refractivity contribution in [2.24, 2.45) is 0 Å². The fourth-order valence-electron chi connectivity index (χ4n) is 7.32. The number of benzene rings is 9. The first kappa shape index (κ1) is 29.9. The molecule has 0 aliphatic heterocycles. The zero-order chi connectivity index (χ0) is 34.4. The summed E-state index contributed by atoms with van der Waals surface area (Å²) in [7, 11) is 0. The fraction of sp³-hybridized carbons (Fsp3) is 0. The largest absolute Gasteiger partial charge is 0.208 e. The molecule has 3 nitrogen and oxygen atoms in total. The van der Waals surface area contributed by atoms with Crippen LogP contribution in [0.5, 0.6) is 0 Å². The third kappa shape index (κ3) is 5.46. The predicted molar refractivity (Wildman–Crippen MR) is 217 cm³/mol. The maximum Gasteiger partial charge on any atom is 0.164 e. The molecule has 52 heavy (non-hydrogen) atoms. The van der Waals surface area contributed by atoms with E-state index in [1.165, 1.54) is 43.8 Å². The van der Waals surface area contributed by atoms with E-state index < -0.39 is 0 Å². The summed E-state index contributed by atoms with van der Waals surface area (Å²) in [5.41, 5.74) is 7.70. The molecule has 9 aromatic carbocycles. The summed E-state index contributed by atoms with van der Waals surface area (Å²) < 4.78 is 0. The van der Waals surface area contributed by atoms with Crippen LogP contribution in [-0.4, -0.2) is 15.0 Å². The molecule has 0 bridgehead atoms. The van der Waals surface area contributed by atoms with Crippen molar-refractivity contribution in [3.8, 4) is 56.4 Å². The summed E-state index contributed by atoms with van der Waals surface area (Å²) in [6.07, 6.45) is 0. The lowest BCUT2D eigenvalue weighted by Gasteiger charge is -2.12. The molecule has 0 aliphatic carbocycles. The average molecular weight is 662 g/mol. The Bertz CT molecular complexity index is 2870. The lowest BCUT2D eigenvalue weighted by Crippen LogP contribution is -2.00. The summed E-state index contributed by atoms with van der Waals surface area (Å²) >= 11 is 0. The minimum atomic E-state index is 0.648. The van der Waals surface area contributed by atoms with Gasteiger partial charge in [0.15, 0.2) is 17.5 Å². The van der Waals surface area contributed by atoms with E-state index in [0.29, 0.717) is 17.5 Å². The molecule has 10 aromatic rings. The maximum atomic E-state index is 5.09. The van der Waals surface area contributed by atoms with Crippen molar-refractivity contribution in [1.82, 2.24) is 15.0 Å². The molecule has 10 rings (SSSR count). The smallest absolute Gasteiger partial charge is 0.164 e. The maximum absolute atomic E-state index is 5.09. The van der Waals surface area contributed by atoms with Gasteiger partial charge in [0.25, 0.3) is 0 Å². The molecule has 1 heterocycles.